The maximum atomic E-state index is 13.2. The van der Waals surface area contributed by atoms with Crippen molar-refractivity contribution >= 4 is 17.3 Å². The number of anilines is 3. The van der Waals surface area contributed by atoms with Crippen molar-refractivity contribution in [2.24, 2.45) is 0 Å². The van der Waals surface area contributed by atoms with Crippen LogP contribution in [0.2, 0.25) is 0 Å². The molecule has 0 saturated heterocycles. The minimum atomic E-state index is -0.275. The molecule has 17 heavy (non-hydrogen) atoms. The predicted octanol–water partition coefficient (Wildman–Crippen LogP) is 2.36. The van der Waals surface area contributed by atoms with E-state index in [2.05, 4.69) is 9.97 Å². The highest BCUT2D eigenvalue weighted by Crippen LogP contribution is 2.24. The Labute approximate surface area is 98.9 Å². The van der Waals surface area contributed by atoms with E-state index in [-0.39, 0.29) is 5.82 Å². The number of nitrogens with two attached hydrogens (primary N) is 1. The Balaban J connectivity index is 2.40. The van der Waals surface area contributed by atoms with Crippen LogP contribution in [0.25, 0.3) is 0 Å². The highest BCUT2D eigenvalue weighted by molar-refractivity contribution is 5.61. The molecule has 0 spiro atoms. The van der Waals surface area contributed by atoms with Gasteiger partial charge >= 0.3 is 0 Å². The summed E-state index contributed by atoms with van der Waals surface area (Å²) in [5.41, 5.74) is 6.35. The van der Waals surface area contributed by atoms with Gasteiger partial charge in [0, 0.05) is 18.3 Å². The molecule has 0 fully saturated rings. The second-order valence-corrected chi connectivity index (χ2v) is 3.53. The van der Waals surface area contributed by atoms with Crippen LogP contribution in [0.1, 0.15) is 6.92 Å². The van der Waals surface area contributed by atoms with Crippen LogP contribution in [-0.2, 0) is 0 Å². The van der Waals surface area contributed by atoms with Crippen LogP contribution in [0.5, 0.6) is 0 Å². The van der Waals surface area contributed by atoms with Gasteiger partial charge in [-0.25, -0.2) is 14.4 Å². The third kappa shape index (κ3) is 2.50. The van der Waals surface area contributed by atoms with E-state index in [1.165, 1.54) is 18.5 Å². The van der Waals surface area contributed by atoms with Crippen molar-refractivity contribution in [1.82, 2.24) is 9.97 Å². The molecular formula is C12H13FN4. The van der Waals surface area contributed by atoms with E-state index in [1.807, 2.05) is 17.9 Å². The Hall–Kier alpha value is -2.17. The third-order valence-corrected chi connectivity index (χ3v) is 2.39. The lowest BCUT2D eigenvalue weighted by molar-refractivity contribution is 0.627. The van der Waals surface area contributed by atoms with Crippen molar-refractivity contribution in [2.75, 3.05) is 17.2 Å². The highest BCUT2D eigenvalue weighted by atomic mass is 19.1. The van der Waals surface area contributed by atoms with Gasteiger partial charge in [0.15, 0.2) is 0 Å². The zero-order valence-electron chi connectivity index (χ0n) is 9.47. The molecule has 1 heterocycles. The number of hydrogen-bond donors (Lipinski definition) is 1. The Morgan fingerprint density at radius 1 is 1.29 bits per heavy atom. The Morgan fingerprint density at radius 3 is 2.76 bits per heavy atom. The quantitative estimate of drug-likeness (QED) is 0.882. The fourth-order valence-corrected chi connectivity index (χ4v) is 1.63. The predicted molar refractivity (Wildman–Crippen MR) is 65.5 cm³/mol. The monoisotopic (exact) mass is 232 g/mol. The molecule has 0 amide bonds. The molecule has 2 N–H and O–H groups in total. The average Bonchev–Trinajstić information content (AvgIpc) is 2.30. The number of hydrogen-bond acceptors (Lipinski definition) is 4. The fraction of sp³-hybridized carbons (Fsp3) is 0.167. The minimum absolute atomic E-state index is 0.275. The average molecular weight is 232 g/mol. The second-order valence-electron chi connectivity index (χ2n) is 3.53. The van der Waals surface area contributed by atoms with Crippen LogP contribution in [0.3, 0.4) is 0 Å². The Bertz CT molecular complexity index is 470. The molecule has 1 aromatic carbocycles. The van der Waals surface area contributed by atoms with Gasteiger partial charge in [0.25, 0.3) is 0 Å². The summed E-state index contributed by atoms with van der Waals surface area (Å²) >= 11 is 0. The second kappa shape index (κ2) is 4.78. The molecule has 0 radical (unpaired) electrons. The van der Waals surface area contributed by atoms with Crippen LogP contribution in [0.15, 0.2) is 36.7 Å². The smallest absolute Gasteiger partial charge is 0.138 e. The zero-order valence-corrected chi connectivity index (χ0v) is 9.47. The van der Waals surface area contributed by atoms with Crippen molar-refractivity contribution in [3.63, 3.8) is 0 Å². The van der Waals surface area contributed by atoms with Crippen molar-refractivity contribution in [3.8, 4) is 0 Å². The Morgan fingerprint density at radius 2 is 2.12 bits per heavy atom. The molecule has 2 aromatic rings. The first-order chi connectivity index (χ1) is 8.20. The van der Waals surface area contributed by atoms with Gasteiger partial charge in [-0.15, -0.1) is 0 Å². The standard InChI is InChI=1S/C12H13FN4/c1-2-17(10-5-3-4-9(13)6-10)12-7-11(14)15-8-16-12/h3-8H,2H2,1H3,(H2,14,15,16). The summed E-state index contributed by atoms with van der Waals surface area (Å²) in [6.45, 7) is 2.63. The summed E-state index contributed by atoms with van der Waals surface area (Å²) in [7, 11) is 0. The molecular weight excluding hydrogens is 219 g/mol. The molecule has 5 heteroatoms. The van der Waals surface area contributed by atoms with Gasteiger partial charge in [-0.2, -0.15) is 0 Å². The summed E-state index contributed by atoms with van der Waals surface area (Å²) < 4.78 is 13.2. The molecule has 1 aromatic heterocycles. The number of nitrogens with zero attached hydrogens (tertiary/aromatic N) is 3. The van der Waals surface area contributed by atoms with Crippen LogP contribution >= 0.6 is 0 Å². The van der Waals surface area contributed by atoms with Crippen LogP contribution in [0, 0.1) is 5.82 Å². The first-order valence-electron chi connectivity index (χ1n) is 5.31. The van der Waals surface area contributed by atoms with Crippen molar-refractivity contribution in [1.29, 1.82) is 0 Å². The van der Waals surface area contributed by atoms with E-state index < -0.39 is 0 Å². The topological polar surface area (TPSA) is 55.0 Å². The maximum absolute atomic E-state index is 13.2. The van der Waals surface area contributed by atoms with Crippen molar-refractivity contribution in [2.45, 2.75) is 6.92 Å². The fourth-order valence-electron chi connectivity index (χ4n) is 1.63. The molecule has 0 unspecified atom stereocenters. The molecule has 2 rings (SSSR count). The molecule has 0 bridgehead atoms. The van der Waals surface area contributed by atoms with E-state index in [9.17, 15) is 4.39 Å². The van der Waals surface area contributed by atoms with E-state index in [1.54, 1.807) is 12.1 Å². The number of halogens is 1. The van der Waals surface area contributed by atoms with Gasteiger partial charge in [-0.3, -0.25) is 0 Å². The largest absolute Gasteiger partial charge is 0.384 e. The van der Waals surface area contributed by atoms with Gasteiger partial charge in [0.05, 0.1) is 0 Å². The lowest BCUT2D eigenvalue weighted by atomic mass is 10.2. The van der Waals surface area contributed by atoms with Crippen molar-refractivity contribution < 1.29 is 4.39 Å². The number of nitrogen functional groups attached to an aromatic ring is 1. The van der Waals surface area contributed by atoms with Gasteiger partial charge < -0.3 is 10.6 Å². The first-order valence-corrected chi connectivity index (χ1v) is 5.31. The molecule has 0 aliphatic heterocycles. The Kier molecular flexibility index (Phi) is 3.18. The highest BCUT2D eigenvalue weighted by Gasteiger charge is 2.09. The van der Waals surface area contributed by atoms with Gasteiger partial charge in [-0.1, -0.05) is 6.07 Å². The van der Waals surface area contributed by atoms with E-state index in [4.69, 9.17) is 5.73 Å². The van der Waals surface area contributed by atoms with E-state index in [0.29, 0.717) is 18.2 Å². The normalized spacial score (nSPS) is 10.2. The lowest BCUT2D eigenvalue weighted by Crippen LogP contribution is -2.17. The summed E-state index contributed by atoms with van der Waals surface area (Å²) in [6.07, 6.45) is 1.40. The number of benzene rings is 1. The molecule has 0 saturated carbocycles. The minimum Gasteiger partial charge on any atom is -0.384 e. The molecule has 0 atom stereocenters. The van der Waals surface area contributed by atoms with Gasteiger partial charge in [-0.05, 0) is 25.1 Å². The van der Waals surface area contributed by atoms with Gasteiger partial charge in [0.2, 0.25) is 0 Å². The van der Waals surface area contributed by atoms with Gasteiger partial charge in [0.1, 0.15) is 23.8 Å². The maximum Gasteiger partial charge on any atom is 0.138 e. The number of rotatable bonds is 3. The first kappa shape index (κ1) is 11.3. The summed E-state index contributed by atoms with van der Waals surface area (Å²) in [4.78, 5) is 9.83. The van der Waals surface area contributed by atoms with E-state index in [0.717, 1.165) is 5.69 Å². The lowest BCUT2D eigenvalue weighted by Gasteiger charge is -2.21. The van der Waals surface area contributed by atoms with Crippen LogP contribution in [0.4, 0.5) is 21.7 Å². The summed E-state index contributed by atoms with van der Waals surface area (Å²) in [5.74, 6) is 0.776. The molecule has 0 aliphatic rings. The van der Waals surface area contributed by atoms with Crippen LogP contribution in [-0.4, -0.2) is 16.5 Å². The summed E-state index contributed by atoms with van der Waals surface area (Å²) in [5, 5.41) is 0. The zero-order chi connectivity index (χ0) is 12.3. The van der Waals surface area contributed by atoms with Crippen LogP contribution < -0.4 is 10.6 Å². The molecule has 0 aliphatic carbocycles. The third-order valence-electron chi connectivity index (χ3n) is 2.39. The summed E-state index contributed by atoms with van der Waals surface area (Å²) in [6, 6.07) is 8.02. The molecule has 88 valence electrons. The van der Waals surface area contributed by atoms with Crippen molar-refractivity contribution in [3.05, 3.63) is 42.5 Å². The SMILES string of the molecule is CCN(c1cccc(F)c1)c1cc(N)ncn1. The molecule has 4 nitrogen and oxygen atoms in total. The van der Waals surface area contributed by atoms with E-state index >= 15 is 0 Å². The number of aromatic nitrogens is 2.